The van der Waals surface area contributed by atoms with Gasteiger partial charge in [-0.1, -0.05) is 0 Å². The summed E-state index contributed by atoms with van der Waals surface area (Å²) in [4.78, 5) is 16.7. The highest BCUT2D eigenvalue weighted by molar-refractivity contribution is 5.85. The number of rotatable bonds is 1. The minimum Gasteiger partial charge on any atom is -0.337 e. The van der Waals surface area contributed by atoms with Gasteiger partial charge in [0.15, 0.2) is 0 Å². The topological polar surface area (TPSA) is 35.6 Å². The lowest BCUT2D eigenvalue weighted by Crippen LogP contribution is -2.54. The zero-order valence-corrected chi connectivity index (χ0v) is 12.9. The van der Waals surface area contributed by atoms with Crippen molar-refractivity contribution < 1.29 is 4.79 Å². The number of piperazine rings is 1. The zero-order chi connectivity index (χ0) is 11.5. The number of halogens is 2. The summed E-state index contributed by atoms with van der Waals surface area (Å²) in [5.41, 5.74) is 0. The molecule has 0 aromatic heterocycles. The molecule has 0 spiro atoms. The van der Waals surface area contributed by atoms with Gasteiger partial charge in [0.25, 0.3) is 0 Å². The molecule has 1 unspecified atom stereocenters. The largest absolute Gasteiger partial charge is 0.337 e. The van der Waals surface area contributed by atoms with Gasteiger partial charge < -0.3 is 15.1 Å². The second-order valence-corrected chi connectivity index (χ2v) is 5.16. The highest BCUT2D eigenvalue weighted by Crippen LogP contribution is 2.20. The first kappa shape index (κ1) is 18.0. The Hall–Kier alpha value is -0.0300. The van der Waals surface area contributed by atoms with Crippen molar-refractivity contribution in [3.8, 4) is 0 Å². The summed E-state index contributed by atoms with van der Waals surface area (Å²) in [7, 11) is 2.13. The quantitative estimate of drug-likeness (QED) is 0.784. The molecule has 2 fully saturated rings. The predicted molar refractivity (Wildman–Crippen MR) is 78.8 cm³/mol. The van der Waals surface area contributed by atoms with E-state index in [-0.39, 0.29) is 30.7 Å². The van der Waals surface area contributed by atoms with Crippen LogP contribution in [0.1, 0.15) is 19.8 Å². The van der Waals surface area contributed by atoms with Crippen molar-refractivity contribution in [3.05, 3.63) is 0 Å². The number of hydrogen-bond donors (Lipinski definition) is 1. The van der Waals surface area contributed by atoms with Gasteiger partial charge in [0.1, 0.15) is 0 Å². The number of likely N-dealkylation sites (tertiary alicyclic amines) is 1. The molecule has 18 heavy (non-hydrogen) atoms. The minimum atomic E-state index is 0. The first-order valence-corrected chi connectivity index (χ1v) is 6.38. The molecule has 108 valence electrons. The SMILES string of the molecule is CC1CNCCN1C(=O)C1CCN(C)CC1.Cl.Cl. The van der Waals surface area contributed by atoms with E-state index < -0.39 is 0 Å². The van der Waals surface area contributed by atoms with E-state index in [0.29, 0.717) is 11.9 Å². The molecule has 2 aliphatic heterocycles. The summed E-state index contributed by atoms with van der Waals surface area (Å²) >= 11 is 0. The number of amides is 1. The Bertz CT molecular complexity index is 258. The van der Waals surface area contributed by atoms with Crippen molar-refractivity contribution in [2.24, 2.45) is 5.92 Å². The van der Waals surface area contributed by atoms with E-state index in [4.69, 9.17) is 0 Å². The van der Waals surface area contributed by atoms with Gasteiger partial charge in [-0.25, -0.2) is 0 Å². The van der Waals surface area contributed by atoms with Gasteiger partial charge in [-0.15, -0.1) is 24.8 Å². The first-order valence-electron chi connectivity index (χ1n) is 6.38. The van der Waals surface area contributed by atoms with E-state index in [2.05, 4.69) is 29.1 Å². The molecule has 2 saturated heterocycles. The Balaban J connectivity index is 0.00000144. The summed E-state index contributed by atoms with van der Waals surface area (Å²) in [5.74, 6) is 0.666. The van der Waals surface area contributed by atoms with Crippen LogP contribution in [-0.2, 0) is 4.79 Å². The first-order chi connectivity index (χ1) is 7.68. The van der Waals surface area contributed by atoms with E-state index in [0.717, 1.165) is 45.6 Å². The molecule has 6 heteroatoms. The Morgan fingerprint density at radius 3 is 2.33 bits per heavy atom. The minimum absolute atomic E-state index is 0. The maximum atomic E-state index is 12.3. The molecule has 1 N–H and O–H groups in total. The molecule has 2 rings (SSSR count). The predicted octanol–water partition coefficient (Wildman–Crippen LogP) is 0.992. The summed E-state index contributed by atoms with van der Waals surface area (Å²) in [6.45, 7) is 7.04. The van der Waals surface area contributed by atoms with Crippen molar-refractivity contribution in [2.45, 2.75) is 25.8 Å². The van der Waals surface area contributed by atoms with Crippen LogP contribution in [0.4, 0.5) is 0 Å². The van der Waals surface area contributed by atoms with Gasteiger partial charge in [0, 0.05) is 31.6 Å². The highest BCUT2D eigenvalue weighted by Gasteiger charge is 2.30. The smallest absolute Gasteiger partial charge is 0.226 e. The van der Waals surface area contributed by atoms with Gasteiger partial charge in [0.05, 0.1) is 0 Å². The lowest BCUT2D eigenvalue weighted by atomic mass is 9.94. The third-order valence-electron chi connectivity index (χ3n) is 3.85. The fraction of sp³-hybridized carbons (Fsp3) is 0.917. The van der Waals surface area contributed by atoms with Crippen molar-refractivity contribution in [1.82, 2.24) is 15.1 Å². The number of hydrogen-bond acceptors (Lipinski definition) is 3. The highest BCUT2D eigenvalue weighted by atomic mass is 35.5. The maximum Gasteiger partial charge on any atom is 0.226 e. The van der Waals surface area contributed by atoms with Crippen LogP contribution in [0.5, 0.6) is 0 Å². The van der Waals surface area contributed by atoms with Gasteiger partial charge in [-0.05, 0) is 39.9 Å². The van der Waals surface area contributed by atoms with Crippen molar-refractivity contribution in [3.63, 3.8) is 0 Å². The molecular weight excluding hydrogens is 273 g/mol. The van der Waals surface area contributed by atoms with Crippen molar-refractivity contribution >= 4 is 30.7 Å². The standard InChI is InChI=1S/C12H23N3O.2ClH/c1-10-9-13-5-8-15(10)12(16)11-3-6-14(2)7-4-11;;/h10-11,13H,3-9H2,1-2H3;2*1H. The lowest BCUT2D eigenvalue weighted by Gasteiger charge is -2.38. The van der Waals surface area contributed by atoms with E-state index in [1.54, 1.807) is 0 Å². The number of nitrogens with one attached hydrogen (secondary N) is 1. The molecule has 0 aromatic rings. The van der Waals surface area contributed by atoms with Crippen LogP contribution in [0.3, 0.4) is 0 Å². The fourth-order valence-corrected chi connectivity index (χ4v) is 2.66. The van der Waals surface area contributed by atoms with Crippen LogP contribution in [0.15, 0.2) is 0 Å². The maximum absolute atomic E-state index is 12.3. The second-order valence-electron chi connectivity index (χ2n) is 5.16. The van der Waals surface area contributed by atoms with Gasteiger partial charge in [0.2, 0.25) is 5.91 Å². The molecule has 1 atom stereocenters. The Labute approximate surface area is 122 Å². The van der Waals surface area contributed by atoms with E-state index in [1.165, 1.54) is 0 Å². The number of nitrogens with zero attached hydrogens (tertiary/aromatic N) is 2. The van der Waals surface area contributed by atoms with Gasteiger partial charge >= 0.3 is 0 Å². The van der Waals surface area contributed by atoms with Gasteiger partial charge in [-0.3, -0.25) is 4.79 Å². The average Bonchev–Trinajstić information content (AvgIpc) is 2.30. The van der Waals surface area contributed by atoms with Crippen LogP contribution in [0, 0.1) is 5.92 Å². The summed E-state index contributed by atoms with van der Waals surface area (Å²) < 4.78 is 0. The molecule has 0 aliphatic carbocycles. The van der Waals surface area contributed by atoms with Gasteiger partial charge in [-0.2, -0.15) is 0 Å². The van der Waals surface area contributed by atoms with Crippen molar-refractivity contribution in [2.75, 3.05) is 39.8 Å². The molecule has 0 aromatic carbocycles. The normalized spacial score (nSPS) is 26.1. The molecule has 2 aliphatic rings. The number of carbonyl (C=O) groups excluding carboxylic acids is 1. The Kier molecular flexibility index (Phi) is 8.19. The monoisotopic (exact) mass is 297 g/mol. The molecule has 4 nitrogen and oxygen atoms in total. The van der Waals surface area contributed by atoms with Crippen LogP contribution >= 0.6 is 24.8 Å². The lowest BCUT2D eigenvalue weighted by molar-refractivity contribution is -0.139. The number of carbonyl (C=O) groups is 1. The second kappa shape index (κ2) is 8.20. The molecular formula is C12H25Cl2N3O. The summed E-state index contributed by atoms with van der Waals surface area (Å²) in [6.07, 6.45) is 2.07. The van der Waals surface area contributed by atoms with E-state index >= 15 is 0 Å². The van der Waals surface area contributed by atoms with Crippen LogP contribution < -0.4 is 5.32 Å². The summed E-state index contributed by atoms with van der Waals surface area (Å²) in [6, 6.07) is 0.362. The van der Waals surface area contributed by atoms with Crippen LogP contribution in [0.2, 0.25) is 0 Å². The van der Waals surface area contributed by atoms with E-state index in [9.17, 15) is 4.79 Å². The molecule has 1 amide bonds. The average molecular weight is 298 g/mol. The number of piperidine rings is 1. The van der Waals surface area contributed by atoms with Crippen molar-refractivity contribution in [1.29, 1.82) is 0 Å². The molecule has 0 bridgehead atoms. The third kappa shape index (κ3) is 4.26. The Morgan fingerprint density at radius 1 is 1.17 bits per heavy atom. The molecule has 0 radical (unpaired) electrons. The Morgan fingerprint density at radius 2 is 1.78 bits per heavy atom. The van der Waals surface area contributed by atoms with Crippen LogP contribution in [-0.4, -0.2) is 61.5 Å². The third-order valence-corrected chi connectivity index (χ3v) is 3.85. The zero-order valence-electron chi connectivity index (χ0n) is 11.2. The van der Waals surface area contributed by atoms with E-state index in [1.807, 2.05) is 0 Å². The molecule has 0 saturated carbocycles. The summed E-state index contributed by atoms with van der Waals surface area (Å²) in [5, 5.41) is 3.33. The molecule has 2 heterocycles. The fourth-order valence-electron chi connectivity index (χ4n) is 2.66. The van der Waals surface area contributed by atoms with Crippen LogP contribution in [0.25, 0.3) is 0 Å².